The number of piperazine rings is 1. The summed E-state index contributed by atoms with van der Waals surface area (Å²) in [4.78, 5) is 22.4. The lowest BCUT2D eigenvalue weighted by Crippen LogP contribution is -2.56. The van der Waals surface area contributed by atoms with E-state index in [1.165, 1.54) is 11.3 Å². The molecule has 7 heteroatoms. The number of ether oxygens (including phenoxy) is 2. The minimum Gasteiger partial charge on any atom is -0.381 e. The molecule has 1 N–H and O–H groups in total. The number of nitrogens with zero attached hydrogens (tertiary/aromatic N) is 3. The van der Waals surface area contributed by atoms with Gasteiger partial charge in [0, 0.05) is 68.1 Å². The van der Waals surface area contributed by atoms with Gasteiger partial charge in [-0.2, -0.15) is 0 Å². The van der Waals surface area contributed by atoms with Crippen LogP contribution in [0.3, 0.4) is 0 Å². The van der Waals surface area contributed by atoms with Gasteiger partial charge in [0.2, 0.25) is 5.91 Å². The number of aryl methyl sites for hydroxylation is 1. The highest BCUT2D eigenvalue weighted by Gasteiger charge is 2.55. The molecular weight excluding hydrogens is 416 g/mol. The summed E-state index contributed by atoms with van der Waals surface area (Å²) in [6.07, 6.45) is 4.00. The van der Waals surface area contributed by atoms with E-state index in [0.29, 0.717) is 17.7 Å². The average Bonchev–Trinajstić information content (AvgIpc) is 3.40. The van der Waals surface area contributed by atoms with Crippen LogP contribution in [0.5, 0.6) is 0 Å². The van der Waals surface area contributed by atoms with Gasteiger partial charge in [0.1, 0.15) is 5.82 Å². The van der Waals surface area contributed by atoms with Crippen molar-refractivity contribution in [2.45, 2.75) is 32.2 Å². The number of benzene rings is 1. The summed E-state index contributed by atoms with van der Waals surface area (Å²) >= 11 is 0. The van der Waals surface area contributed by atoms with E-state index in [2.05, 4.69) is 46.1 Å². The molecule has 6 rings (SSSR count). The molecule has 1 amide bonds. The van der Waals surface area contributed by atoms with Crippen molar-refractivity contribution in [2.75, 3.05) is 62.8 Å². The molecular formula is C26H34N4O3. The quantitative estimate of drug-likeness (QED) is 0.772. The van der Waals surface area contributed by atoms with Crippen LogP contribution in [-0.4, -0.2) is 73.9 Å². The number of carbonyl (C=O) groups excluding carboxylic acids is 1. The van der Waals surface area contributed by atoms with Crippen LogP contribution >= 0.6 is 0 Å². The molecule has 33 heavy (non-hydrogen) atoms. The molecule has 1 saturated carbocycles. The minimum absolute atomic E-state index is 0.0852. The van der Waals surface area contributed by atoms with Gasteiger partial charge in [0.25, 0.3) is 0 Å². The number of hydrogen-bond donors (Lipinski definition) is 1. The van der Waals surface area contributed by atoms with E-state index in [4.69, 9.17) is 9.47 Å². The van der Waals surface area contributed by atoms with Crippen LogP contribution in [0.4, 0.5) is 11.5 Å². The predicted octanol–water partition coefficient (Wildman–Crippen LogP) is 3.07. The fraction of sp³-hybridized carbons (Fsp3) is 0.615. The van der Waals surface area contributed by atoms with Crippen molar-refractivity contribution in [3.63, 3.8) is 0 Å². The van der Waals surface area contributed by atoms with E-state index in [-0.39, 0.29) is 17.4 Å². The van der Waals surface area contributed by atoms with E-state index in [9.17, 15) is 4.79 Å². The lowest BCUT2D eigenvalue weighted by atomic mass is 9.97. The summed E-state index contributed by atoms with van der Waals surface area (Å²) in [5, 5.41) is 5.30. The molecule has 4 heterocycles. The van der Waals surface area contributed by atoms with Gasteiger partial charge in [-0.3, -0.25) is 9.69 Å². The number of hydrogen-bond acceptors (Lipinski definition) is 6. The molecule has 4 atom stereocenters. The molecule has 0 bridgehead atoms. The van der Waals surface area contributed by atoms with Crippen molar-refractivity contribution >= 4 is 28.2 Å². The molecule has 1 aromatic carbocycles. The Labute approximate surface area is 195 Å². The van der Waals surface area contributed by atoms with Crippen molar-refractivity contribution in [2.24, 2.45) is 17.8 Å². The lowest BCUT2D eigenvalue weighted by molar-refractivity contribution is -0.117. The highest BCUT2D eigenvalue weighted by atomic mass is 16.5. The van der Waals surface area contributed by atoms with Gasteiger partial charge in [-0.1, -0.05) is 0 Å². The van der Waals surface area contributed by atoms with Crippen molar-refractivity contribution in [1.29, 1.82) is 0 Å². The zero-order valence-corrected chi connectivity index (χ0v) is 19.7. The summed E-state index contributed by atoms with van der Waals surface area (Å²) in [7, 11) is 0. The zero-order chi connectivity index (χ0) is 22.6. The average molecular weight is 451 g/mol. The van der Waals surface area contributed by atoms with Gasteiger partial charge in [-0.25, -0.2) is 4.98 Å². The third-order valence-corrected chi connectivity index (χ3v) is 8.41. The molecule has 3 aliphatic heterocycles. The van der Waals surface area contributed by atoms with Gasteiger partial charge in [-0.05, 0) is 67.7 Å². The second kappa shape index (κ2) is 8.22. The normalized spacial score (nSPS) is 32.1. The second-order valence-corrected chi connectivity index (χ2v) is 10.5. The maximum atomic E-state index is 12.8. The first-order valence-corrected chi connectivity index (χ1v) is 12.4. The molecule has 4 fully saturated rings. The Morgan fingerprint density at radius 1 is 1.09 bits per heavy atom. The highest BCUT2D eigenvalue weighted by molar-refractivity contribution is 5.96. The summed E-state index contributed by atoms with van der Waals surface area (Å²) in [5.74, 6) is 1.71. The van der Waals surface area contributed by atoms with Crippen LogP contribution in [0, 0.1) is 24.7 Å². The van der Waals surface area contributed by atoms with E-state index in [1.807, 2.05) is 12.3 Å². The number of anilines is 2. The zero-order valence-electron chi connectivity index (χ0n) is 19.7. The Kier molecular flexibility index (Phi) is 5.31. The Hall–Kier alpha value is -2.22. The fourth-order valence-corrected chi connectivity index (χ4v) is 6.20. The Morgan fingerprint density at radius 2 is 1.94 bits per heavy atom. The number of rotatable bonds is 4. The van der Waals surface area contributed by atoms with Gasteiger partial charge in [0.15, 0.2) is 0 Å². The number of aromatic nitrogens is 1. The molecule has 176 valence electrons. The standard InChI is InChI=1S/C26H34N4O3/c1-17-11-19-14-27-23(28-25(31)24-20-3-9-32-15-21(20)24)13-18(19)12-22(17)29-5-7-30(8-6-29)26(2)4-10-33-16-26/h11-14,20-21,24H,3-10,15-16H2,1-2H3,(H,27,28,31)/t20-,21+,24-,26+/m1/s1. The van der Waals surface area contributed by atoms with E-state index in [0.717, 1.165) is 76.2 Å². The number of fused-ring (bicyclic) bond motifs is 2. The molecule has 0 spiro atoms. The highest BCUT2D eigenvalue weighted by Crippen LogP contribution is 2.51. The van der Waals surface area contributed by atoms with Gasteiger partial charge < -0.3 is 19.7 Å². The van der Waals surface area contributed by atoms with E-state index in [1.54, 1.807) is 0 Å². The van der Waals surface area contributed by atoms with Crippen LogP contribution in [0.15, 0.2) is 24.4 Å². The topological polar surface area (TPSA) is 66.9 Å². The first-order valence-electron chi connectivity index (χ1n) is 12.4. The van der Waals surface area contributed by atoms with Gasteiger partial charge in [-0.15, -0.1) is 0 Å². The first-order chi connectivity index (χ1) is 16.0. The molecule has 0 unspecified atom stereocenters. The van der Waals surface area contributed by atoms with Crippen LogP contribution in [-0.2, 0) is 14.3 Å². The maximum Gasteiger partial charge on any atom is 0.229 e. The van der Waals surface area contributed by atoms with Crippen molar-refractivity contribution in [3.05, 3.63) is 30.0 Å². The molecule has 7 nitrogen and oxygen atoms in total. The van der Waals surface area contributed by atoms with Crippen LogP contribution in [0.2, 0.25) is 0 Å². The minimum atomic E-state index is 0.0852. The van der Waals surface area contributed by atoms with E-state index < -0.39 is 0 Å². The molecule has 1 aromatic heterocycles. The Balaban J connectivity index is 1.17. The number of carbonyl (C=O) groups is 1. The fourth-order valence-electron chi connectivity index (χ4n) is 6.20. The largest absolute Gasteiger partial charge is 0.381 e. The van der Waals surface area contributed by atoms with Gasteiger partial charge in [0.05, 0.1) is 13.2 Å². The monoisotopic (exact) mass is 450 g/mol. The third-order valence-electron chi connectivity index (χ3n) is 8.41. The first kappa shape index (κ1) is 21.3. The maximum absolute atomic E-state index is 12.8. The smallest absolute Gasteiger partial charge is 0.229 e. The van der Waals surface area contributed by atoms with Crippen LogP contribution in [0.25, 0.3) is 10.8 Å². The van der Waals surface area contributed by atoms with Crippen LogP contribution in [0.1, 0.15) is 25.3 Å². The third kappa shape index (κ3) is 3.90. The Bertz CT molecular complexity index is 1050. The lowest BCUT2D eigenvalue weighted by Gasteiger charge is -2.44. The summed E-state index contributed by atoms with van der Waals surface area (Å²) < 4.78 is 11.2. The number of amides is 1. The molecule has 3 saturated heterocycles. The van der Waals surface area contributed by atoms with Gasteiger partial charge >= 0.3 is 0 Å². The van der Waals surface area contributed by atoms with Crippen molar-refractivity contribution in [3.8, 4) is 0 Å². The summed E-state index contributed by atoms with van der Waals surface area (Å²) in [6, 6.07) is 6.50. The molecule has 2 aromatic rings. The van der Waals surface area contributed by atoms with E-state index >= 15 is 0 Å². The SMILES string of the molecule is Cc1cc2cnc(NC(=O)[C@@H]3[C@@H]4CCOC[C@@H]43)cc2cc1N1CCN([C@@]2(C)CCOC2)CC1. The second-order valence-electron chi connectivity index (χ2n) is 10.5. The van der Waals surface area contributed by atoms with Crippen molar-refractivity contribution < 1.29 is 14.3 Å². The van der Waals surface area contributed by atoms with Crippen molar-refractivity contribution in [1.82, 2.24) is 9.88 Å². The Morgan fingerprint density at radius 3 is 2.67 bits per heavy atom. The van der Waals surface area contributed by atoms with Crippen LogP contribution < -0.4 is 10.2 Å². The molecule has 1 aliphatic carbocycles. The summed E-state index contributed by atoms with van der Waals surface area (Å²) in [6.45, 7) is 11.9. The number of pyridine rings is 1. The summed E-state index contributed by atoms with van der Waals surface area (Å²) in [5.41, 5.74) is 2.74. The molecule has 0 radical (unpaired) electrons. The molecule has 4 aliphatic rings. The predicted molar refractivity (Wildman–Crippen MR) is 129 cm³/mol. The number of nitrogens with one attached hydrogen (secondary N) is 1.